The highest BCUT2D eigenvalue weighted by Gasteiger charge is 2.30. The number of hydrogen-bond acceptors (Lipinski definition) is 6. The van der Waals surface area contributed by atoms with E-state index < -0.39 is 10.5 Å². The lowest BCUT2D eigenvalue weighted by Gasteiger charge is -2.24. The third-order valence-electron chi connectivity index (χ3n) is 3.81. The molecule has 0 unspecified atom stereocenters. The summed E-state index contributed by atoms with van der Waals surface area (Å²) in [6.45, 7) is 3.33. The number of benzene rings is 2. The van der Waals surface area contributed by atoms with Crippen LogP contribution in [0.3, 0.4) is 0 Å². The van der Waals surface area contributed by atoms with Gasteiger partial charge in [0.15, 0.2) is 10.7 Å². The monoisotopic (exact) mass is 461 g/mol. The second-order valence-electron chi connectivity index (χ2n) is 6.37. The third kappa shape index (κ3) is 4.73. The van der Waals surface area contributed by atoms with Crippen molar-refractivity contribution in [1.29, 1.82) is 0 Å². The molecule has 1 amide bonds. The first-order valence-corrected chi connectivity index (χ1v) is 9.88. The van der Waals surface area contributed by atoms with E-state index in [2.05, 4.69) is 26.2 Å². The van der Waals surface area contributed by atoms with Crippen LogP contribution in [-0.4, -0.2) is 21.4 Å². The molecule has 0 aliphatic heterocycles. The van der Waals surface area contributed by atoms with E-state index in [0.717, 1.165) is 4.47 Å². The van der Waals surface area contributed by atoms with Crippen molar-refractivity contribution in [2.24, 2.45) is 0 Å². The second kappa shape index (κ2) is 8.07. The second-order valence-corrected chi connectivity index (χ2v) is 8.14. The highest BCUT2D eigenvalue weighted by Crippen LogP contribution is 2.28. The first-order chi connectivity index (χ1) is 13.2. The van der Waals surface area contributed by atoms with Crippen molar-refractivity contribution in [3.63, 3.8) is 0 Å². The SMILES string of the molecule is CC(C)(Oc1ccc(Br)cc1)C(=O)Nc1nc(-c2cccc([N+](=O)[O-])c2)cs1. The highest BCUT2D eigenvalue weighted by molar-refractivity contribution is 9.10. The van der Waals surface area contributed by atoms with Gasteiger partial charge < -0.3 is 4.74 Å². The van der Waals surface area contributed by atoms with Crippen LogP contribution in [0.25, 0.3) is 11.3 Å². The number of aromatic nitrogens is 1. The van der Waals surface area contributed by atoms with Gasteiger partial charge in [-0.1, -0.05) is 28.1 Å². The maximum atomic E-state index is 12.6. The lowest BCUT2D eigenvalue weighted by atomic mass is 10.1. The molecule has 0 saturated heterocycles. The lowest BCUT2D eigenvalue weighted by molar-refractivity contribution is -0.384. The lowest BCUT2D eigenvalue weighted by Crippen LogP contribution is -2.42. The van der Waals surface area contributed by atoms with Crippen LogP contribution in [0.5, 0.6) is 5.75 Å². The summed E-state index contributed by atoms with van der Waals surface area (Å²) < 4.78 is 6.71. The van der Waals surface area contributed by atoms with Crippen molar-refractivity contribution in [3.8, 4) is 17.0 Å². The van der Waals surface area contributed by atoms with Gasteiger partial charge in [0.05, 0.1) is 10.6 Å². The first-order valence-electron chi connectivity index (χ1n) is 8.21. The molecule has 0 fully saturated rings. The van der Waals surface area contributed by atoms with Crippen molar-refractivity contribution in [2.75, 3.05) is 5.32 Å². The maximum Gasteiger partial charge on any atom is 0.270 e. The molecule has 0 atom stereocenters. The zero-order valence-corrected chi connectivity index (χ0v) is 17.4. The normalized spacial score (nSPS) is 11.1. The van der Waals surface area contributed by atoms with Gasteiger partial charge in [-0.2, -0.15) is 0 Å². The minimum Gasteiger partial charge on any atom is -0.478 e. The Labute approximate surface area is 173 Å². The summed E-state index contributed by atoms with van der Waals surface area (Å²) in [5.74, 6) is 0.218. The average molecular weight is 462 g/mol. The van der Waals surface area contributed by atoms with Crippen LogP contribution in [0.15, 0.2) is 58.4 Å². The Bertz CT molecular complexity index is 1020. The number of ether oxygens (including phenoxy) is 1. The minimum atomic E-state index is -1.12. The number of carbonyl (C=O) groups excluding carboxylic acids is 1. The van der Waals surface area contributed by atoms with Crippen molar-refractivity contribution in [2.45, 2.75) is 19.4 Å². The van der Waals surface area contributed by atoms with Crippen LogP contribution in [-0.2, 0) is 4.79 Å². The summed E-state index contributed by atoms with van der Waals surface area (Å²) in [5, 5.41) is 15.8. The van der Waals surface area contributed by atoms with Gasteiger partial charge in [-0.25, -0.2) is 4.98 Å². The molecule has 1 N–H and O–H groups in total. The summed E-state index contributed by atoms with van der Waals surface area (Å²) in [7, 11) is 0. The van der Waals surface area contributed by atoms with Gasteiger partial charge in [-0.3, -0.25) is 20.2 Å². The quantitative estimate of drug-likeness (QED) is 0.398. The molecule has 0 aliphatic carbocycles. The molecule has 144 valence electrons. The minimum absolute atomic E-state index is 0.0138. The van der Waals surface area contributed by atoms with Crippen LogP contribution >= 0.6 is 27.3 Å². The predicted molar refractivity (Wildman–Crippen MR) is 112 cm³/mol. The molecule has 0 aliphatic rings. The number of halogens is 1. The molecule has 0 spiro atoms. The van der Waals surface area contributed by atoms with Crippen molar-refractivity contribution in [1.82, 2.24) is 4.98 Å². The highest BCUT2D eigenvalue weighted by atomic mass is 79.9. The maximum absolute atomic E-state index is 12.6. The van der Waals surface area contributed by atoms with E-state index in [1.165, 1.54) is 23.5 Å². The molecule has 0 saturated carbocycles. The summed E-state index contributed by atoms with van der Waals surface area (Å²) >= 11 is 4.59. The fraction of sp³-hybridized carbons (Fsp3) is 0.158. The molecule has 2 aromatic carbocycles. The number of carbonyl (C=O) groups is 1. The number of rotatable bonds is 6. The van der Waals surface area contributed by atoms with E-state index in [-0.39, 0.29) is 11.6 Å². The number of nitrogens with one attached hydrogen (secondary N) is 1. The largest absolute Gasteiger partial charge is 0.478 e. The number of non-ortho nitro benzene ring substituents is 1. The van der Waals surface area contributed by atoms with Gasteiger partial charge in [-0.15, -0.1) is 11.3 Å². The topological polar surface area (TPSA) is 94.4 Å². The zero-order valence-electron chi connectivity index (χ0n) is 15.0. The Morgan fingerprint density at radius 2 is 1.96 bits per heavy atom. The fourth-order valence-electron chi connectivity index (χ4n) is 2.33. The predicted octanol–water partition coefficient (Wildman–Crippen LogP) is 5.28. The van der Waals surface area contributed by atoms with Gasteiger partial charge in [0.2, 0.25) is 0 Å². The number of nitro benzene ring substituents is 1. The molecule has 0 radical (unpaired) electrons. The van der Waals surface area contributed by atoms with Gasteiger partial charge in [-0.05, 0) is 38.1 Å². The van der Waals surface area contributed by atoms with E-state index >= 15 is 0 Å². The molecule has 3 rings (SSSR count). The molecule has 7 nitrogen and oxygen atoms in total. The van der Waals surface area contributed by atoms with E-state index in [1.807, 2.05) is 12.1 Å². The molecular weight excluding hydrogens is 446 g/mol. The number of hydrogen-bond donors (Lipinski definition) is 1. The Balaban J connectivity index is 1.71. The van der Waals surface area contributed by atoms with Crippen LogP contribution in [0.4, 0.5) is 10.8 Å². The number of anilines is 1. The Morgan fingerprint density at radius 1 is 1.25 bits per heavy atom. The number of nitro groups is 1. The summed E-state index contributed by atoms with van der Waals surface area (Å²) in [4.78, 5) is 27.5. The number of amides is 1. The molecule has 3 aromatic rings. The Hall–Kier alpha value is -2.78. The van der Waals surface area contributed by atoms with Crippen LogP contribution in [0.1, 0.15) is 13.8 Å². The Morgan fingerprint density at radius 3 is 2.64 bits per heavy atom. The fourth-order valence-corrected chi connectivity index (χ4v) is 3.31. The molecule has 28 heavy (non-hydrogen) atoms. The van der Waals surface area contributed by atoms with Crippen molar-refractivity contribution >= 4 is 44.0 Å². The molecule has 0 bridgehead atoms. The third-order valence-corrected chi connectivity index (χ3v) is 5.10. The summed E-state index contributed by atoms with van der Waals surface area (Å²) in [6, 6.07) is 13.4. The van der Waals surface area contributed by atoms with Crippen LogP contribution in [0, 0.1) is 10.1 Å². The molecule has 9 heteroatoms. The summed E-state index contributed by atoms with van der Waals surface area (Å²) in [5.41, 5.74) is 0.0256. The van der Waals surface area contributed by atoms with E-state index in [0.29, 0.717) is 22.1 Å². The average Bonchev–Trinajstić information content (AvgIpc) is 3.12. The number of nitrogens with zero attached hydrogens (tertiary/aromatic N) is 2. The van der Waals surface area contributed by atoms with Crippen LogP contribution < -0.4 is 10.1 Å². The standard InChI is InChI=1S/C19H16BrN3O4S/c1-19(2,27-15-8-6-13(20)7-9-15)17(24)22-18-21-16(11-28-18)12-4-3-5-14(10-12)23(25)26/h3-11H,1-2H3,(H,21,22,24). The van der Waals surface area contributed by atoms with Crippen molar-refractivity contribution in [3.05, 3.63) is 68.5 Å². The van der Waals surface area contributed by atoms with Gasteiger partial charge in [0.25, 0.3) is 11.6 Å². The van der Waals surface area contributed by atoms with E-state index in [1.54, 1.807) is 43.5 Å². The van der Waals surface area contributed by atoms with E-state index in [4.69, 9.17) is 4.74 Å². The molecular formula is C19H16BrN3O4S. The Kier molecular flexibility index (Phi) is 5.76. The van der Waals surface area contributed by atoms with Crippen LogP contribution in [0.2, 0.25) is 0 Å². The van der Waals surface area contributed by atoms with Gasteiger partial charge in [0, 0.05) is 27.5 Å². The molecule has 1 heterocycles. The van der Waals surface area contributed by atoms with Gasteiger partial charge >= 0.3 is 0 Å². The first kappa shape index (κ1) is 20.0. The zero-order chi connectivity index (χ0) is 20.3. The summed E-state index contributed by atoms with van der Waals surface area (Å²) in [6.07, 6.45) is 0. The smallest absolute Gasteiger partial charge is 0.270 e. The van der Waals surface area contributed by atoms with Crippen molar-refractivity contribution < 1.29 is 14.5 Å². The number of thiazole rings is 1. The van der Waals surface area contributed by atoms with E-state index in [9.17, 15) is 14.9 Å². The molecule has 1 aromatic heterocycles. The van der Waals surface area contributed by atoms with Gasteiger partial charge in [0.1, 0.15) is 5.75 Å².